The second-order valence-electron chi connectivity index (χ2n) is 7.09. The van der Waals surface area contributed by atoms with Crippen LogP contribution < -0.4 is 0 Å². The summed E-state index contributed by atoms with van der Waals surface area (Å²) in [5, 5.41) is 0. The Bertz CT molecular complexity index is 587. The lowest BCUT2D eigenvalue weighted by Gasteiger charge is -2.34. The number of hydrogen-bond donors (Lipinski definition) is 0. The maximum Gasteiger partial charge on any atom is 0.413 e. The molecule has 1 heterocycles. The van der Waals surface area contributed by atoms with Crippen LogP contribution in [0.15, 0.2) is 30.3 Å². The van der Waals surface area contributed by atoms with Crippen LogP contribution >= 0.6 is 0 Å². The van der Waals surface area contributed by atoms with Gasteiger partial charge >= 0.3 is 6.09 Å². The van der Waals surface area contributed by atoms with Crippen molar-refractivity contribution in [2.24, 2.45) is 0 Å². The number of ether oxygens (including phenoxy) is 2. The second-order valence-corrected chi connectivity index (χ2v) is 7.09. The van der Waals surface area contributed by atoms with Crippen molar-refractivity contribution < 1.29 is 18.7 Å². The molecule has 0 radical (unpaired) electrons. The monoisotopic (exact) mass is 321 g/mol. The van der Waals surface area contributed by atoms with E-state index in [1.807, 2.05) is 46.8 Å². The van der Waals surface area contributed by atoms with E-state index in [1.54, 1.807) is 17.0 Å². The lowest BCUT2D eigenvalue weighted by atomic mass is 10.1. The number of nitrogens with zero attached hydrogens (tertiary/aromatic N) is 1. The highest BCUT2D eigenvalue weighted by Crippen LogP contribution is 2.30. The van der Waals surface area contributed by atoms with Gasteiger partial charge in [0.2, 0.25) is 0 Å². The van der Waals surface area contributed by atoms with Gasteiger partial charge in [-0.2, -0.15) is 0 Å². The Kier molecular flexibility index (Phi) is 4.80. The first-order valence-electron chi connectivity index (χ1n) is 7.68. The molecule has 23 heavy (non-hydrogen) atoms. The lowest BCUT2D eigenvalue weighted by Crippen LogP contribution is -2.49. The second kappa shape index (κ2) is 6.32. The van der Waals surface area contributed by atoms with Crippen LogP contribution in [0, 0.1) is 5.82 Å². The highest BCUT2D eigenvalue weighted by molar-refractivity contribution is 5.70. The third-order valence-corrected chi connectivity index (χ3v) is 3.49. The molecule has 0 spiro atoms. The Morgan fingerprint density at radius 2 is 1.96 bits per heavy atom. The van der Waals surface area contributed by atoms with E-state index in [2.05, 4.69) is 0 Å². The van der Waals surface area contributed by atoms with Gasteiger partial charge in [0.1, 0.15) is 17.1 Å². The first kappa shape index (κ1) is 17.5. The van der Waals surface area contributed by atoms with E-state index in [0.29, 0.717) is 6.61 Å². The zero-order valence-corrected chi connectivity index (χ0v) is 14.3. The molecule has 0 bridgehead atoms. The summed E-state index contributed by atoms with van der Waals surface area (Å²) in [4.78, 5) is 14.1. The van der Waals surface area contributed by atoms with Crippen molar-refractivity contribution in [1.29, 1.82) is 0 Å². The number of carbonyl (C=O) groups is 1. The van der Waals surface area contributed by atoms with Crippen LogP contribution in [0.5, 0.6) is 0 Å². The molecule has 0 aromatic heterocycles. The fraction of sp³-hybridized carbons (Fsp3) is 0.500. The zero-order valence-electron chi connectivity index (χ0n) is 14.3. The Morgan fingerprint density at radius 1 is 1.35 bits per heavy atom. The van der Waals surface area contributed by atoms with Gasteiger partial charge in [0.15, 0.2) is 0 Å². The SMILES string of the molecule is CC(C)(C)OC(=O)N1C(/C=C/c2ccc(F)cc2)COC1(C)C. The molecular weight excluding hydrogens is 297 g/mol. The van der Waals surface area contributed by atoms with Crippen LogP contribution in [-0.2, 0) is 9.47 Å². The van der Waals surface area contributed by atoms with E-state index in [1.165, 1.54) is 12.1 Å². The fourth-order valence-corrected chi connectivity index (χ4v) is 2.44. The van der Waals surface area contributed by atoms with Gasteiger partial charge in [-0.25, -0.2) is 9.18 Å². The van der Waals surface area contributed by atoms with Crippen LogP contribution in [0.3, 0.4) is 0 Å². The van der Waals surface area contributed by atoms with Gasteiger partial charge in [-0.15, -0.1) is 0 Å². The lowest BCUT2D eigenvalue weighted by molar-refractivity contribution is -0.0610. The molecule has 1 fully saturated rings. The van der Waals surface area contributed by atoms with Crippen molar-refractivity contribution in [2.45, 2.75) is 52.0 Å². The molecule has 1 saturated heterocycles. The van der Waals surface area contributed by atoms with Gasteiger partial charge in [-0.1, -0.05) is 24.3 Å². The molecule has 1 aromatic carbocycles. The van der Waals surface area contributed by atoms with Crippen molar-refractivity contribution >= 4 is 12.2 Å². The summed E-state index contributed by atoms with van der Waals surface area (Å²) in [5.41, 5.74) is -0.443. The smallest absolute Gasteiger partial charge is 0.413 e. The molecule has 4 nitrogen and oxygen atoms in total. The van der Waals surface area contributed by atoms with E-state index in [-0.39, 0.29) is 11.9 Å². The summed E-state index contributed by atoms with van der Waals surface area (Å²) in [7, 11) is 0. The molecule has 2 rings (SSSR count). The topological polar surface area (TPSA) is 38.8 Å². The van der Waals surface area contributed by atoms with Gasteiger partial charge in [-0.05, 0) is 52.3 Å². The molecule has 1 amide bonds. The van der Waals surface area contributed by atoms with E-state index < -0.39 is 17.4 Å². The summed E-state index contributed by atoms with van der Waals surface area (Å²) in [6.07, 6.45) is 3.33. The van der Waals surface area contributed by atoms with Gasteiger partial charge in [-0.3, -0.25) is 4.90 Å². The summed E-state index contributed by atoms with van der Waals surface area (Å²) in [6.45, 7) is 9.56. The maximum absolute atomic E-state index is 12.9. The number of carbonyl (C=O) groups excluding carboxylic acids is 1. The molecule has 5 heteroatoms. The summed E-state index contributed by atoms with van der Waals surface area (Å²) >= 11 is 0. The molecule has 1 aliphatic heterocycles. The minimum absolute atomic E-state index is 0.232. The van der Waals surface area contributed by atoms with Crippen LogP contribution in [0.25, 0.3) is 6.08 Å². The van der Waals surface area contributed by atoms with Crippen molar-refractivity contribution in [3.05, 3.63) is 41.7 Å². The molecule has 0 N–H and O–H groups in total. The molecule has 1 atom stereocenters. The number of halogens is 1. The van der Waals surface area contributed by atoms with E-state index in [9.17, 15) is 9.18 Å². The van der Waals surface area contributed by atoms with Crippen molar-refractivity contribution in [3.8, 4) is 0 Å². The summed E-state index contributed by atoms with van der Waals surface area (Å²) in [6, 6.07) is 5.95. The van der Waals surface area contributed by atoms with Gasteiger partial charge in [0.25, 0.3) is 0 Å². The van der Waals surface area contributed by atoms with Gasteiger partial charge < -0.3 is 9.47 Å². The summed E-state index contributed by atoms with van der Waals surface area (Å²) in [5.74, 6) is -0.275. The van der Waals surface area contributed by atoms with Crippen LogP contribution in [0.2, 0.25) is 0 Å². The molecule has 1 aliphatic rings. The molecule has 126 valence electrons. The Hall–Kier alpha value is -1.88. The quantitative estimate of drug-likeness (QED) is 0.819. The fourth-order valence-electron chi connectivity index (χ4n) is 2.44. The maximum atomic E-state index is 12.9. The van der Waals surface area contributed by atoms with E-state index in [4.69, 9.17) is 9.47 Å². The van der Waals surface area contributed by atoms with Crippen LogP contribution in [0.4, 0.5) is 9.18 Å². The van der Waals surface area contributed by atoms with Crippen LogP contribution in [0.1, 0.15) is 40.2 Å². The standard InChI is InChI=1S/C18H24FNO3/c1-17(2,3)23-16(21)20-15(12-22-18(20,4)5)11-8-13-6-9-14(19)10-7-13/h6-11,15H,12H2,1-5H3/b11-8+. The number of amides is 1. The van der Waals surface area contributed by atoms with Crippen molar-refractivity contribution in [3.63, 3.8) is 0 Å². The molecular formula is C18H24FNO3. The average Bonchev–Trinajstić information content (AvgIpc) is 2.71. The Morgan fingerprint density at radius 3 is 2.52 bits per heavy atom. The van der Waals surface area contributed by atoms with E-state index in [0.717, 1.165) is 5.56 Å². The van der Waals surface area contributed by atoms with Gasteiger partial charge in [0.05, 0.1) is 12.6 Å². The third-order valence-electron chi connectivity index (χ3n) is 3.49. The number of benzene rings is 1. The highest BCUT2D eigenvalue weighted by atomic mass is 19.1. The van der Waals surface area contributed by atoms with Crippen molar-refractivity contribution in [2.75, 3.05) is 6.61 Å². The normalized spacial score (nSPS) is 21.0. The summed E-state index contributed by atoms with van der Waals surface area (Å²) < 4.78 is 24.1. The highest BCUT2D eigenvalue weighted by Gasteiger charge is 2.44. The first-order chi connectivity index (χ1) is 10.6. The zero-order chi connectivity index (χ0) is 17.3. The molecule has 0 saturated carbocycles. The number of hydrogen-bond acceptors (Lipinski definition) is 3. The Labute approximate surface area is 136 Å². The molecule has 1 aromatic rings. The largest absolute Gasteiger partial charge is 0.444 e. The molecule has 1 unspecified atom stereocenters. The van der Waals surface area contributed by atoms with E-state index >= 15 is 0 Å². The first-order valence-corrected chi connectivity index (χ1v) is 7.68. The number of rotatable bonds is 2. The third kappa shape index (κ3) is 4.55. The average molecular weight is 321 g/mol. The predicted molar refractivity (Wildman–Crippen MR) is 87.3 cm³/mol. The van der Waals surface area contributed by atoms with Crippen molar-refractivity contribution in [1.82, 2.24) is 4.90 Å². The Balaban J connectivity index is 2.16. The minimum atomic E-state index is -0.736. The minimum Gasteiger partial charge on any atom is -0.444 e. The van der Waals surface area contributed by atoms with Crippen LogP contribution in [-0.4, -0.2) is 35.0 Å². The predicted octanol–water partition coefficient (Wildman–Crippen LogP) is 4.21. The molecule has 0 aliphatic carbocycles. The van der Waals surface area contributed by atoms with Gasteiger partial charge in [0, 0.05) is 0 Å².